The Morgan fingerprint density at radius 2 is 2.07 bits per heavy atom. The first-order valence-electron chi connectivity index (χ1n) is 10.0. The molecular formula is C22H31N5O. The number of aromatic nitrogens is 1. The molecular weight excluding hydrogens is 350 g/mol. The number of hydrogen-bond donors (Lipinski definition) is 1. The smallest absolute Gasteiger partial charge is 0.222 e. The molecule has 0 atom stereocenters. The van der Waals surface area contributed by atoms with Gasteiger partial charge in [-0.15, -0.1) is 0 Å². The van der Waals surface area contributed by atoms with E-state index in [1.54, 1.807) is 0 Å². The molecule has 1 aromatic heterocycles. The standard InChI is InChI=1S/C22H31N5O/c1-4-23-22(26(3)17-20-10-6-12-25(20)2)24-15-18-8-5-9-19(14-18)16-27-13-7-11-21(27)28/h5-6,8-10,12,14H,4,7,11,13,15-17H2,1-3H3,(H,23,24). The van der Waals surface area contributed by atoms with Gasteiger partial charge in [0.05, 0.1) is 13.1 Å². The summed E-state index contributed by atoms with van der Waals surface area (Å²) in [6.45, 7) is 5.89. The summed E-state index contributed by atoms with van der Waals surface area (Å²) in [6.07, 6.45) is 3.72. The molecule has 6 nitrogen and oxygen atoms in total. The molecule has 1 amide bonds. The number of amides is 1. The van der Waals surface area contributed by atoms with Crippen LogP contribution in [0.3, 0.4) is 0 Å². The SMILES string of the molecule is CCNC(=NCc1cccc(CN2CCCC2=O)c1)N(C)Cc1cccn1C. The molecule has 1 aromatic carbocycles. The third-order valence-electron chi connectivity index (χ3n) is 5.09. The molecule has 0 unspecified atom stereocenters. The minimum Gasteiger partial charge on any atom is -0.357 e. The summed E-state index contributed by atoms with van der Waals surface area (Å²) in [6, 6.07) is 12.6. The molecule has 6 heteroatoms. The Bertz CT molecular complexity index is 826. The number of guanidine groups is 1. The van der Waals surface area contributed by atoms with E-state index in [1.807, 2.05) is 4.90 Å². The summed E-state index contributed by atoms with van der Waals surface area (Å²) >= 11 is 0. The fourth-order valence-corrected chi connectivity index (χ4v) is 3.53. The van der Waals surface area contributed by atoms with Crippen LogP contribution in [0.4, 0.5) is 0 Å². The predicted octanol–water partition coefficient (Wildman–Crippen LogP) is 2.75. The van der Waals surface area contributed by atoms with Crippen molar-refractivity contribution < 1.29 is 4.79 Å². The highest BCUT2D eigenvalue weighted by molar-refractivity contribution is 5.79. The van der Waals surface area contributed by atoms with Crippen LogP contribution in [0.5, 0.6) is 0 Å². The summed E-state index contributed by atoms with van der Waals surface area (Å²) in [7, 11) is 4.12. The Morgan fingerprint density at radius 1 is 1.25 bits per heavy atom. The first kappa shape index (κ1) is 20.0. The number of likely N-dealkylation sites (tertiary alicyclic amines) is 1. The van der Waals surface area contributed by atoms with Gasteiger partial charge in [0.25, 0.3) is 0 Å². The number of hydrogen-bond acceptors (Lipinski definition) is 2. The van der Waals surface area contributed by atoms with E-state index in [0.717, 1.165) is 37.6 Å². The second-order valence-corrected chi connectivity index (χ2v) is 7.38. The molecule has 0 spiro atoms. The molecule has 2 heterocycles. The number of carbonyl (C=O) groups excluding carboxylic acids is 1. The van der Waals surface area contributed by atoms with E-state index < -0.39 is 0 Å². The van der Waals surface area contributed by atoms with Crippen LogP contribution < -0.4 is 5.32 Å². The van der Waals surface area contributed by atoms with Crippen LogP contribution in [0.1, 0.15) is 36.6 Å². The van der Waals surface area contributed by atoms with E-state index in [9.17, 15) is 4.79 Å². The second kappa shape index (κ2) is 9.44. The Morgan fingerprint density at radius 3 is 2.75 bits per heavy atom. The largest absolute Gasteiger partial charge is 0.357 e. The topological polar surface area (TPSA) is 52.9 Å². The molecule has 1 saturated heterocycles. The fourth-order valence-electron chi connectivity index (χ4n) is 3.53. The number of aliphatic imine (C=N–C) groups is 1. The molecule has 3 rings (SSSR count). The molecule has 0 saturated carbocycles. The van der Waals surface area contributed by atoms with Crippen LogP contribution in [-0.2, 0) is 31.5 Å². The summed E-state index contributed by atoms with van der Waals surface area (Å²) < 4.78 is 2.13. The van der Waals surface area contributed by atoms with Crippen molar-refractivity contribution >= 4 is 11.9 Å². The van der Waals surface area contributed by atoms with Crippen molar-refractivity contribution in [3.05, 3.63) is 59.4 Å². The van der Waals surface area contributed by atoms with Gasteiger partial charge < -0.3 is 19.7 Å². The van der Waals surface area contributed by atoms with E-state index >= 15 is 0 Å². The van der Waals surface area contributed by atoms with Crippen molar-refractivity contribution in [2.24, 2.45) is 12.0 Å². The Kier molecular flexibility index (Phi) is 6.74. The molecule has 1 aliphatic heterocycles. The lowest BCUT2D eigenvalue weighted by atomic mass is 10.1. The summed E-state index contributed by atoms with van der Waals surface area (Å²) in [4.78, 5) is 20.8. The summed E-state index contributed by atoms with van der Waals surface area (Å²) in [5.41, 5.74) is 3.57. The predicted molar refractivity (Wildman–Crippen MR) is 113 cm³/mol. The molecule has 0 aliphatic carbocycles. The first-order chi connectivity index (χ1) is 13.6. The van der Waals surface area contributed by atoms with Crippen molar-refractivity contribution in [2.45, 2.75) is 39.4 Å². The van der Waals surface area contributed by atoms with E-state index in [2.05, 4.69) is 78.4 Å². The van der Waals surface area contributed by atoms with Gasteiger partial charge in [0, 0.05) is 52.0 Å². The number of benzene rings is 1. The van der Waals surface area contributed by atoms with Gasteiger partial charge in [0.1, 0.15) is 0 Å². The van der Waals surface area contributed by atoms with Crippen LogP contribution >= 0.6 is 0 Å². The van der Waals surface area contributed by atoms with Crippen LogP contribution in [0, 0.1) is 0 Å². The summed E-state index contributed by atoms with van der Waals surface area (Å²) in [5, 5.41) is 3.38. The normalized spacial score (nSPS) is 14.6. The molecule has 1 aliphatic rings. The zero-order chi connectivity index (χ0) is 19.9. The number of nitrogens with one attached hydrogen (secondary N) is 1. The molecule has 0 bridgehead atoms. The van der Waals surface area contributed by atoms with Gasteiger partial charge in [0.15, 0.2) is 5.96 Å². The van der Waals surface area contributed by atoms with E-state index in [1.165, 1.54) is 11.3 Å². The molecule has 150 valence electrons. The molecule has 1 fully saturated rings. The maximum atomic E-state index is 11.9. The second-order valence-electron chi connectivity index (χ2n) is 7.38. The Balaban J connectivity index is 1.66. The Labute approximate surface area is 167 Å². The van der Waals surface area contributed by atoms with Gasteiger partial charge in [-0.3, -0.25) is 4.79 Å². The minimum atomic E-state index is 0.264. The van der Waals surface area contributed by atoms with Crippen molar-refractivity contribution in [2.75, 3.05) is 20.1 Å². The zero-order valence-corrected chi connectivity index (χ0v) is 17.2. The van der Waals surface area contributed by atoms with Gasteiger partial charge >= 0.3 is 0 Å². The van der Waals surface area contributed by atoms with Crippen molar-refractivity contribution in [3.63, 3.8) is 0 Å². The van der Waals surface area contributed by atoms with Gasteiger partial charge in [-0.25, -0.2) is 4.99 Å². The molecule has 1 N–H and O–H groups in total. The summed E-state index contributed by atoms with van der Waals surface area (Å²) in [5.74, 6) is 1.16. The molecule has 28 heavy (non-hydrogen) atoms. The zero-order valence-electron chi connectivity index (χ0n) is 17.2. The van der Waals surface area contributed by atoms with Crippen LogP contribution in [0.25, 0.3) is 0 Å². The fraction of sp³-hybridized carbons (Fsp3) is 0.455. The number of nitrogens with zero attached hydrogens (tertiary/aromatic N) is 4. The lowest BCUT2D eigenvalue weighted by Gasteiger charge is -2.22. The van der Waals surface area contributed by atoms with Gasteiger partial charge in [-0.1, -0.05) is 24.3 Å². The number of carbonyl (C=O) groups is 1. The van der Waals surface area contributed by atoms with E-state index in [0.29, 0.717) is 19.5 Å². The Hall–Kier alpha value is -2.76. The van der Waals surface area contributed by atoms with E-state index in [4.69, 9.17) is 4.99 Å². The average Bonchev–Trinajstić information content (AvgIpc) is 3.27. The maximum Gasteiger partial charge on any atom is 0.222 e. The minimum absolute atomic E-state index is 0.264. The van der Waals surface area contributed by atoms with E-state index in [-0.39, 0.29) is 5.91 Å². The first-order valence-corrected chi connectivity index (χ1v) is 10.0. The average molecular weight is 382 g/mol. The van der Waals surface area contributed by atoms with Crippen molar-refractivity contribution in [1.82, 2.24) is 19.7 Å². The highest BCUT2D eigenvalue weighted by Crippen LogP contribution is 2.15. The van der Waals surface area contributed by atoms with Crippen molar-refractivity contribution in [1.29, 1.82) is 0 Å². The lowest BCUT2D eigenvalue weighted by molar-refractivity contribution is -0.128. The third kappa shape index (κ3) is 5.15. The van der Waals surface area contributed by atoms with Crippen molar-refractivity contribution in [3.8, 4) is 0 Å². The quantitative estimate of drug-likeness (QED) is 0.593. The monoisotopic (exact) mass is 381 g/mol. The molecule has 0 radical (unpaired) electrons. The highest BCUT2D eigenvalue weighted by Gasteiger charge is 2.19. The van der Waals surface area contributed by atoms with Gasteiger partial charge in [-0.2, -0.15) is 0 Å². The van der Waals surface area contributed by atoms with Gasteiger partial charge in [-0.05, 0) is 36.6 Å². The van der Waals surface area contributed by atoms with Crippen LogP contribution in [0.2, 0.25) is 0 Å². The number of rotatable bonds is 7. The van der Waals surface area contributed by atoms with Gasteiger partial charge in [0.2, 0.25) is 5.91 Å². The lowest BCUT2D eigenvalue weighted by Crippen LogP contribution is -2.38. The van der Waals surface area contributed by atoms with Crippen LogP contribution in [0.15, 0.2) is 47.6 Å². The maximum absolute atomic E-state index is 11.9. The highest BCUT2D eigenvalue weighted by atomic mass is 16.2. The van der Waals surface area contributed by atoms with Crippen LogP contribution in [-0.4, -0.2) is 46.4 Å². The third-order valence-corrected chi connectivity index (χ3v) is 5.09. The number of aryl methyl sites for hydroxylation is 1. The molecule has 2 aromatic rings.